The Morgan fingerprint density at radius 3 is 2.35 bits per heavy atom. The lowest BCUT2D eigenvalue weighted by Gasteiger charge is -2.30. The maximum atomic E-state index is 12.3. The van der Waals surface area contributed by atoms with Crippen LogP contribution in [0.2, 0.25) is 0 Å². The highest BCUT2D eigenvalue weighted by Crippen LogP contribution is 2.32. The molecule has 0 aromatic heterocycles. The van der Waals surface area contributed by atoms with Crippen LogP contribution in [-0.2, 0) is 4.79 Å². The van der Waals surface area contributed by atoms with Gasteiger partial charge in [0.05, 0.1) is 11.0 Å². The summed E-state index contributed by atoms with van der Waals surface area (Å²) in [5, 5.41) is 3.04. The van der Waals surface area contributed by atoms with Crippen molar-refractivity contribution >= 4 is 23.1 Å². The molecule has 1 fully saturated rings. The van der Waals surface area contributed by atoms with Crippen molar-refractivity contribution < 1.29 is 4.79 Å². The molecule has 20 heavy (non-hydrogen) atoms. The van der Waals surface area contributed by atoms with Gasteiger partial charge in [0.2, 0.25) is 5.91 Å². The monoisotopic (exact) mass is 298 g/mol. The molecule has 1 aliphatic carbocycles. The quantitative estimate of drug-likeness (QED) is 0.708. The van der Waals surface area contributed by atoms with E-state index in [1.807, 2.05) is 13.8 Å². The number of carbonyl (C=O) groups excluding carboxylic acids is 1. The highest BCUT2D eigenvalue weighted by molar-refractivity contribution is 7.80. The SMILES string of the molecule is CCCCC1CCC(C(=O)NC(C(N)=S)C(C)C)CC1. The Balaban J connectivity index is 2.40. The van der Waals surface area contributed by atoms with Crippen molar-refractivity contribution in [2.45, 2.75) is 71.8 Å². The van der Waals surface area contributed by atoms with Crippen LogP contribution in [0.15, 0.2) is 0 Å². The smallest absolute Gasteiger partial charge is 0.223 e. The summed E-state index contributed by atoms with van der Waals surface area (Å²) in [7, 11) is 0. The van der Waals surface area contributed by atoms with Gasteiger partial charge in [-0.25, -0.2) is 0 Å². The topological polar surface area (TPSA) is 55.1 Å². The van der Waals surface area contributed by atoms with E-state index in [2.05, 4.69) is 12.2 Å². The van der Waals surface area contributed by atoms with E-state index >= 15 is 0 Å². The summed E-state index contributed by atoms with van der Waals surface area (Å²) in [5.74, 6) is 1.38. The predicted octanol–water partition coefficient (Wildman–Crippen LogP) is 3.41. The molecule has 4 heteroatoms. The molecule has 3 N–H and O–H groups in total. The second kappa shape index (κ2) is 8.60. The maximum absolute atomic E-state index is 12.3. The van der Waals surface area contributed by atoms with E-state index in [4.69, 9.17) is 18.0 Å². The number of amides is 1. The Morgan fingerprint density at radius 1 is 1.30 bits per heavy atom. The van der Waals surface area contributed by atoms with Crippen LogP contribution < -0.4 is 11.1 Å². The van der Waals surface area contributed by atoms with Crippen LogP contribution in [-0.4, -0.2) is 16.9 Å². The third kappa shape index (κ3) is 5.39. The summed E-state index contributed by atoms with van der Waals surface area (Å²) >= 11 is 5.04. The molecule has 3 nitrogen and oxygen atoms in total. The summed E-state index contributed by atoms with van der Waals surface area (Å²) < 4.78 is 0. The van der Waals surface area contributed by atoms with Crippen LogP contribution in [0.3, 0.4) is 0 Å². The van der Waals surface area contributed by atoms with Crippen LogP contribution in [0.1, 0.15) is 65.7 Å². The van der Waals surface area contributed by atoms with Gasteiger partial charge in [-0.1, -0.05) is 52.3 Å². The lowest BCUT2D eigenvalue weighted by atomic mass is 9.79. The van der Waals surface area contributed by atoms with E-state index in [0.717, 1.165) is 18.8 Å². The second-order valence-corrected chi connectivity index (χ2v) is 6.96. The first-order valence-electron chi connectivity index (χ1n) is 8.05. The predicted molar refractivity (Wildman–Crippen MR) is 88.5 cm³/mol. The number of nitrogens with two attached hydrogens (primary N) is 1. The summed E-state index contributed by atoms with van der Waals surface area (Å²) in [6, 6.07) is -0.171. The van der Waals surface area contributed by atoms with Crippen LogP contribution >= 0.6 is 12.2 Å². The van der Waals surface area contributed by atoms with E-state index in [1.165, 1.54) is 32.1 Å². The zero-order valence-corrected chi connectivity index (χ0v) is 14.0. The van der Waals surface area contributed by atoms with E-state index in [1.54, 1.807) is 0 Å². The van der Waals surface area contributed by atoms with Crippen molar-refractivity contribution in [1.29, 1.82) is 0 Å². The molecule has 0 aromatic rings. The molecule has 1 atom stereocenters. The molecular weight excluding hydrogens is 268 g/mol. The first-order valence-corrected chi connectivity index (χ1v) is 8.46. The largest absolute Gasteiger partial charge is 0.392 e. The van der Waals surface area contributed by atoms with Gasteiger partial charge in [0, 0.05) is 5.92 Å². The molecule has 0 heterocycles. The van der Waals surface area contributed by atoms with Gasteiger partial charge in [0.15, 0.2) is 0 Å². The maximum Gasteiger partial charge on any atom is 0.223 e. The number of hydrogen-bond acceptors (Lipinski definition) is 2. The third-order valence-electron chi connectivity index (χ3n) is 4.45. The van der Waals surface area contributed by atoms with Gasteiger partial charge in [-0.3, -0.25) is 4.79 Å². The fourth-order valence-corrected chi connectivity index (χ4v) is 3.37. The van der Waals surface area contributed by atoms with Crippen molar-refractivity contribution in [1.82, 2.24) is 5.32 Å². The third-order valence-corrected chi connectivity index (χ3v) is 4.71. The molecule has 0 bridgehead atoms. The molecule has 1 rings (SSSR count). The van der Waals surface area contributed by atoms with Gasteiger partial charge < -0.3 is 11.1 Å². The Morgan fingerprint density at radius 2 is 1.90 bits per heavy atom. The normalized spacial score (nSPS) is 24.4. The standard InChI is InChI=1S/C16H30N2OS/c1-4-5-6-12-7-9-13(10-8-12)16(19)18-14(11(2)3)15(17)20/h11-14H,4-10H2,1-3H3,(H2,17,20)(H,18,19). The fraction of sp³-hybridized carbons (Fsp3) is 0.875. The zero-order valence-electron chi connectivity index (χ0n) is 13.2. The van der Waals surface area contributed by atoms with E-state index < -0.39 is 0 Å². The number of hydrogen-bond donors (Lipinski definition) is 2. The number of thiocarbonyl (C=S) groups is 1. The molecule has 1 aliphatic rings. The van der Waals surface area contributed by atoms with Crippen LogP contribution in [0, 0.1) is 17.8 Å². The minimum atomic E-state index is -0.171. The van der Waals surface area contributed by atoms with Crippen LogP contribution in [0.25, 0.3) is 0 Å². The Hall–Kier alpha value is -0.640. The molecule has 1 saturated carbocycles. The first-order chi connectivity index (χ1) is 9.45. The van der Waals surface area contributed by atoms with Crippen molar-refractivity contribution in [3.8, 4) is 0 Å². The van der Waals surface area contributed by atoms with Crippen molar-refractivity contribution in [2.75, 3.05) is 0 Å². The van der Waals surface area contributed by atoms with Gasteiger partial charge in [0.1, 0.15) is 0 Å². The lowest BCUT2D eigenvalue weighted by molar-refractivity contribution is -0.126. The zero-order chi connectivity index (χ0) is 15.1. The number of unbranched alkanes of at least 4 members (excludes halogenated alkanes) is 1. The summed E-state index contributed by atoms with van der Waals surface area (Å²) in [6.45, 7) is 6.30. The van der Waals surface area contributed by atoms with E-state index in [-0.39, 0.29) is 23.8 Å². The van der Waals surface area contributed by atoms with Gasteiger partial charge in [0.25, 0.3) is 0 Å². The van der Waals surface area contributed by atoms with Crippen molar-refractivity contribution in [2.24, 2.45) is 23.5 Å². The molecule has 0 saturated heterocycles. The second-order valence-electron chi connectivity index (χ2n) is 6.49. The first kappa shape index (κ1) is 17.4. The number of carbonyl (C=O) groups is 1. The van der Waals surface area contributed by atoms with Crippen molar-refractivity contribution in [3.63, 3.8) is 0 Å². The molecule has 0 radical (unpaired) electrons. The highest BCUT2D eigenvalue weighted by Gasteiger charge is 2.28. The van der Waals surface area contributed by atoms with Gasteiger partial charge in [-0.2, -0.15) is 0 Å². The molecule has 0 aliphatic heterocycles. The average Bonchev–Trinajstić information content (AvgIpc) is 2.42. The number of nitrogens with one attached hydrogen (secondary N) is 1. The minimum Gasteiger partial charge on any atom is -0.392 e. The van der Waals surface area contributed by atoms with Crippen LogP contribution in [0.4, 0.5) is 0 Å². The molecular formula is C16H30N2OS. The lowest BCUT2D eigenvalue weighted by Crippen LogP contribution is -2.49. The summed E-state index contributed by atoms with van der Waals surface area (Å²) in [5.41, 5.74) is 5.71. The summed E-state index contributed by atoms with van der Waals surface area (Å²) in [6.07, 6.45) is 8.33. The van der Waals surface area contributed by atoms with Gasteiger partial charge in [-0.05, 0) is 37.5 Å². The Bertz CT molecular complexity index is 322. The van der Waals surface area contributed by atoms with Crippen LogP contribution in [0.5, 0.6) is 0 Å². The Labute approximate surface area is 129 Å². The average molecular weight is 298 g/mol. The van der Waals surface area contributed by atoms with Gasteiger partial charge in [-0.15, -0.1) is 0 Å². The van der Waals surface area contributed by atoms with E-state index in [0.29, 0.717) is 4.99 Å². The summed E-state index contributed by atoms with van der Waals surface area (Å²) in [4.78, 5) is 12.7. The van der Waals surface area contributed by atoms with Crippen molar-refractivity contribution in [3.05, 3.63) is 0 Å². The Kier molecular flexibility index (Phi) is 7.49. The molecule has 0 spiro atoms. The minimum absolute atomic E-state index is 0.144. The number of rotatable bonds is 7. The van der Waals surface area contributed by atoms with E-state index in [9.17, 15) is 4.79 Å². The van der Waals surface area contributed by atoms with Gasteiger partial charge >= 0.3 is 0 Å². The highest BCUT2D eigenvalue weighted by atomic mass is 32.1. The molecule has 1 amide bonds. The molecule has 116 valence electrons. The molecule has 1 unspecified atom stereocenters. The fourth-order valence-electron chi connectivity index (χ4n) is 3.04. The molecule has 0 aromatic carbocycles.